The number of hydrogen-bond donors (Lipinski definition) is 1. The van der Waals surface area contributed by atoms with Gasteiger partial charge in [-0.25, -0.2) is 4.39 Å². The number of rotatable bonds is 5. The number of carbonyl (C=O) groups excluding carboxylic acids is 2. The molecule has 2 aromatic rings. The summed E-state index contributed by atoms with van der Waals surface area (Å²) in [5.74, 6) is -0.990. The summed E-state index contributed by atoms with van der Waals surface area (Å²) in [4.78, 5) is 25.3. The van der Waals surface area contributed by atoms with Crippen LogP contribution < -0.4 is 5.32 Å². The SMILES string of the molecule is Cc1ccccc1/C=C/C(=O)N(C)CC(=O)Nc1ccc(F)cc1. The highest BCUT2D eigenvalue weighted by Gasteiger charge is 2.10. The Hall–Kier alpha value is -2.95. The molecule has 124 valence electrons. The normalized spacial score (nSPS) is 10.6. The van der Waals surface area contributed by atoms with Crippen molar-refractivity contribution in [1.82, 2.24) is 4.90 Å². The molecule has 24 heavy (non-hydrogen) atoms. The monoisotopic (exact) mass is 326 g/mol. The van der Waals surface area contributed by atoms with Crippen molar-refractivity contribution in [3.63, 3.8) is 0 Å². The Balaban J connectivity index is 1.90. The largest absolute Gasteiger partial charge is 0.333 e. The van der Waals surface area contributed by atoms with E-state index < -0.39 is 0 Å². The van der Waals surface area contributed by atoms with E-state index in [0.29, 0.717) is 5.69 Å². The van der Waals surface area contributed by atoms with Gasteiger partial charge in [0.1, 0.15) is 5.82 Å². The molecule has 2 amide bonds. The molecule has 0 atom stereocenters. The number of halogens is 1. The minimum Gasteiger partial charge on any atom is -0.333 e. The van der Waals surface area contributed by atoms with Crippen molar-refractivity contribution in [1.29, 1.82) is 0 Å². The van der Waals surface area contributed by atoms with Gasteiger partial charge < -0.3 is 10.2 Å². The summed E-state index contributed by atoms with van der Waals surface area (Å²) in [5.41, 5.74) is 2.51. The van der Waals surface area contributed by atoms with Gasteiger partial charge in [0.25, 0.3) is 0 Å². The summed E-state index contributed by atoms with van der Waals surface area (Å²) in [6, 6.07) is 13.2. The van der Waals surface area contributed by atoms with Crippen molar-refractivity contribution >= 4 is 23.6 Å². The van der Waals surface area contributed by atoms with Crippen molar-refractivity contribution in [2.45, 2.75) is 6.92 Å². The molecule has 0 aliphatic rings. The van der Waals surface area contributed by atoms with E-state index >= 15 is 0 Å². The van der Waals surface area contributed by atoms with E-state index in [1.165, 1.54) is 35.2 Å². The number of nitrogens with zero attached hydrogens (tertiary/aromatic N) is 1. The van der Waals surface area contributed by atoms with Crippen LogP contribution in [0, 0.1) is 12.7 Å². The Morgan fingerprint density at radius 1 is 1.12 bits per heavy atom. The highest BCUT2D eigenvalue weighted by Crippen LogP contribution is 2.10. The van der Waals surface area contributed by atoms with Gasteiger partial charge in [0.05, 0.1) is 6.54 Å². The van der Waals surface area contributed by atoms with Crippen LogP contribution in [0.4, 0.5) is 10.1 Å². The maximum Gasteiger partial charge on any atom is 0.246 e. The van der Waals surface area contributed by atoms with Gasteiger partial charge in [-0.15, -0.1) is 0 Å². The summed E-state index contributed by atoms with van der Waals surface area (Å²) in [6.07, 6.45) is 3.17. The smallest absolute Gasteiger partial charge is 0.246 e. The van der Waals surface area contributed by atoms with Gasteiger partial charge in [-0.2, -0.15) is 0 Å². The molecular weight excluding hydrogens is 307 g/mol. The molecule has 0 radical (unpaired) electrons. The Kier molecular flexibility index (Phi) is 5.84. The first kappa shape index (κ1) is 17.4. The zero-order chi connectivity index (χ0) is 17.5. The van der Waals surface area contributed by atoms with Crippen molar-refractivity contribution in [2.75, 3.05) is 18.9 Å². The van der Waals surface area contributed by atoms with Crippen LogP contribution in [0.3, 0.4) is 0 Å². The summed E-state index contributed by atoms with van der Waals surface area (Å²) in [5, 5.41) is 2.61. The third-order valence-electron chi connectivity index (χ3n) is 3.48. The average molecular weight is 326 g/mol. The lowest BCUT2D eigenvalue weighted by Gasteiger charge is -2.15. The molecule has 0 saturated heterocycles. The van der Waals surface area contributed by atoms with Crippen LogP contribution in [0.1, 0.15) is 11.1 Å². The van der Waals surface area contributed by atoms with Gasteiger partial charge >= 0.3 is 0 Å². The number of benzene rings is 2. The number of aryl methyl sites for hydroxylation is 1. The summed E-state index contributed by atoms with van der Waals surface area (Å²) in [7, 11) is 1.55. The molecule has 0 fully saturated rings. The Bertz CT molecular complexity index is 754. The molecule has 0 bridgehead atoms. The third kappa shape index (κ3) is 5.05. The van der Waals surface area contributed by atoms with Crippen molar-refractivity contribution in [3.05, 3.63) is 71.6 Å². The fourth-order valence-electron chi connectivity index (χ4n) is 2.09. The number of likely N-dealkylation sites (N-methyl/N-ethyl adjacent to an activating group) is 1. The molecule has 4 nitrogen and oxygen atoms in total. The van der Waals surface area contributed by atoms with E-state index in [1.54, 1.807) is 13.1 Å². The van der Waals surface area contributed by atoms with Gasteiger partial charge in [-0.05, 0) is 48.4 Å². The van der Waals surface area contributed by atoms with Gasteiger partial charge in [0.15, 0.2) is 0 Å². The summed E-state index contributed by atoms with van der Waals surface area (Å²) in [6.45, 7) is 1.87. The van der Waals surface area contributed by atoms with E-state index in [9.17, 15) is 14.0 Å². The van der Waals surface area contributed by atoms with E-state index in [0.717, 1.165) is 11.1 Å². The molecule has 2 aromatic carbocycles. The molecular formula is C19H19FN2O2. The molecule has 0 heterocycles. The highest BCUT2D eigenvalue weighted by atomic mass is 19.1. The van der Waals surface area contributed by atoms with Gasteiger partial charge in [0, 0.05) is 18.8 Å². The molecule has 2 rings (SSSR count). The van der Waals surface area contributed by atoms with Crippen molar-refractivity contribution in [3.8, 4) is 0 Å². The first-order chi connectivity index (χ1) is 11.5. The average Bonchev–Trinajstić information content (AvgIpc) is 2.56. The predicted octanol–water partition coefficient (Wildman–Crippen LogP) is 3.24. The second-order valence-corrected chi connectivity index (χ2v) is 5.44. The molecule has 1 N–H and O–H groups in total. The quantitative estimate of drug-likeness (QED) is 0.858. The van der Waals surface area contributed by atoms with Crippen molar-refractivity contribution in [2.24, 2.45) is 0 Å². The number of nitrogens with one attached hydrogen (secondary N) is 1. The van der Waals surface area contributed by atoms with Crippen molar-refractivity contribution < 1.29 is 14.0 Å². The van der Waals surface area contributed by atoms with Crippen LogP contribution in [0.2, 0.25) is 0 Å². The fraction of sp³-hybridized carbons (Fsp3) is 0.158. The highest BCUT2D eigenvalue weighted by molar-refractivity contribution is 5.97. The van der Waals surface area contributed by atoms with Crippen LogP contribution in [0.5, 0.6) is 0 Å². The molecule has 0 spiro atoms. The number of carbonyl (C=O) groups is 2. The predicted molar refractivity (Wildman–Crippen MR) is 92.9 cm³/mol. The molecule has 0 aliphatic carbocycles. The summed E-state index contributed by atoms with van der Waals surface area (Å²) >= 11 is 0. The Morgan fingerprint density at radius 3 is 2.46 bits per heavy atom. The van der Waals surface area contributed by atoms with Crippen LogP contribution >= 0.6 is 0 Å². The molecule has 0 saturated carbocycles. The lowest BCUT2D eigenvalue weighted by atomic mass is 10.1. The Labute approximate surface area is 140 Å². The zero-order valence-corrected chi connectivity index (χ0v) is 13.6. The first-order valence-electron chi connectivity index (χ1n) is 7.50. The van der Waals surface area contributed by atoms with Gasteiger partial charge in [-0.3, -0.25) is 9.59 Å². The summed E-state index contributed by atoms with van der Waals surface area (Å²) < 4.78 is 12.8. The van der Waals surface area contributed by atoms with Crippen LogP contribution in [0.15, 0.2) is 54.6 Å². The topological polar surface area (TPSA) is 49.4 Å². The van der Waals surface area contributed by atoms with Gasteiger partial charge in [0.2, 0.25) is 11.8 Å². The maximum atomic E-state index is 12.8. The standard InChI is InChI=1S/C19H19FN2O2/c1-14-5-3-4-6-15(14)7-12-19(24)22(2)13-18(23)21-17-10-8-16(20)9-11-17/h3-12H,13H2,1-2H3,(H,21,23)/b12-7+. The van der Waals surface area contributed by atoms with Gasteiger partial charge in [-0.1, -0.05) is 24.3 Å². The lowest BCUT2D eigenvalue weighted by molar-refractivity contribution is -0.129. The van der Waals surface area contributed by atoms with E-state index in [4.69, 9.17) is 0 Å². The minimum atomic E-state index is -0.373. The molecule has 0 unspecified atom stereocenters. The third-order valence-corrected chi connectivity index (χ3v) is 3.48. The van der Waals surface area contributed by atoms with E-state index in [1.807, 2.05) is 31.2 Å². The Morgan fingerprint density at radius 2 is 1.79 bits per heavy atom. The fourth-order valence-corrected chi connectivity index (χ4v) is 2.09. The molecule has 0 aliphatic heterocycles. The second-order valence-electron chi connectivity index (χ2n) is 5.44. The van der Waals surface area contributed by atoms with Crippen LogP contribution in [-0.4, -0.2) is 30.3 Å². The zero-order valence-electron chi connectivity index (χ0n) is 13.6. The second kappa shape index (κ2) is 8.06. The number of hydrogen-bond acceptors (Lipinski definition) is 2. The van der Waals surface area contributed by atoms with Crippen LogP contribution in [-0.2, 0) is 9.59 Å². The van der Waals surface area contributed by atoms with Crippen LogP contribution in [0.25, 0.3) is 6.08 Å². The molecule has 5 heteroatoms. The minimum absolute atomic E-state index is 0.0890. The van der Waals surface area contributed by atoms with E-state index in [-0.39, 0.29) is 24.2 Å². The number of anilines is 1. The lowest BCUT2D eigenvalue weighted by Crippen LogP contribution is -2.33. The molecule has 0 aromatic heterocycles. The van der Waals surface area contributed by atoms with E-state index in [2.05, 4.69) is 5.32 Å². The maximum absolute atomic E-state index is 12.8. The number of amides is 2. The first-order valence-corrected chi connectivity index (χ1v) is 7.50.